The van der Waals surface area contributed by atoms with E-state index in [0.717, 1.165) is 32.4 Å². The summed E-state index contributed by atoms with van der Waals surface area (Å²) in [5.74, 6) is 0.281. The molecule has 1 unspecified atom stereocenters. The summed E-state index contributed by atoms with van der Waals surface area (Å²) in [6.45, 7) is 8.65. The largest absolute Gasteiger partial charge is 0.352 e. The van der Waals surface area contributed by atoms with Crippen molar-refractivity contribution in [2.75, 3.05) is 13.1 Å². The van der Waals surface area contributed by atoms with E-state index in [1.807, 2.05) is 0 Å². The van der Waals surface area contributed by atoms with Crippen LogP contribution in [0.2, 0.25) is 0 Å². The van der Waals surface area contributed by atoms with Crippen LogP contribution in [0.5, 0.6) is 0 Å². The molecule has 0 spiro atoms. The van der Waals surface area contributed by atoms with Crippen LogP contribution in [0.3, 0.4) is 0 Å². The highest BCUT2D eigenvalue weighted by Crippen LogP contribution is 2.37. The van der Waals surface area contributed by atoms with Gasteiger partial charge in [-0.15, -0.1) is 0 Å². The van der Waals surface area contributed by atoms with Gasteiger partial charge in [0, 0.05) is 11.5 Å². The molecule has 2 fully saturated rings. The van der Waals surface area contributed by atoms with E-state index in [-0.39, 0.29) is 16.7 Å². The minimum atomic E-state index is -0.154. The molecule has 1 aliphatic heterocycles. The van der Waals surface area contributed by atoms with Crippen molar-refractivity contribution in [3.8, 4) is 0 Å². The van der Waals surface area contributed by atoms with E-state index in [0.29, 0.717) is 6.04 Å². The lowest BCUT2D eigenvalue weighted by atomic mass is 9.72. The third-order valence-electron chi connectivity index (χ3n) is 5.07. The number of carbonyl (C=O) groups is 1. The molecule has 1 heterocycles. The quantitative estimate of drug-likeness (QED) is 0.792. The van der Waals surface area contributed by atoms with Crippen molar-refractivity contribution >= 4 is 5.91 Å². The van der Waals surface area contributed by atoms with Crippen LogP contribution in [0.15, 0.2) is 0 Å². The summed E-state index contributed by atoms with van der Waals surface area (Å²) < 4.78 is 0. The van der Waals surface area contributed by atoms with Crippen molar-refractivity contribution in [1.29, 1.82) is 0 Å². The van der Waals surface area contributed by atoms with Crippen molar-refractivity contribution in [1.82, 2.24) is 10.6 Å². The highest BCUT2D eigenvalue weighted by atomic mass is 16.2. The number of hydrogen-bond acceptors (Lipinski definition) is 2. The van der Waals surface area contributed by atoms with Crippen LogP contribution in [0, 0.1) is 10.8 Å². The highest BCUT2D eigenvalue weighted by Gasteiger charge is 2.39. The fraction of sp³-hybridized carbons (Fsp3) is 0.933. The van der Waals surface area contributed by atoms with Crippen molar-refractivity contribution < 1.29 is 4.79 Å². The van der Waals surface area contributed by atoms with Gasteiger partial charge in [-0.05, 0) is 44.2 Å². The Balaban J connectivity index is 1.97. The van der Waals surface area contributed by atoms with Crippen LogP contribution in [0.1, 0.15) is 59.3 Å². The molecule has 0 aromatic carbocycles. The smallest absolute Gasteiger partial charge is 0.226 e. The molecule has 0 aromatic rings. The maximum atomic E-state index is 12.5. The Morgan fingerprint density at radius 2 is 1.78 bits per heavy atom. The van der Waals surface area contributed by atoms with Gasteiger partial charge in [0.2, 0.25) is 5.91 Å². The molecular weight excluding hydrogens is 224 g/mol. The summed E-state index contributed by atoms with van der Waals surface area (Å²) in [5, 5.41) is 6.69. The standard InChI is InChI=1S/C15H28N2O/c1-14(2)7-5-4-6-12(14)17-13(18)15(3)8-10-16-11-9-15/h12,16H,4-11H2,1-3H3,(H,17,18). The van der Waals surface area contributed by atoms with Crippen molar-refractivity contribution in [2.24, 2.45) is 10.8 Å². The van der Waals surface area contributed by atoms with Gasteiger partial charge in [-0.25, -0.2) is 0 Å². The van der Waals surface area contributed by atoms with Gasteiger partial charge in [0.25, 0.3) is 0 Å². The Kier molecular flexibility index (Phi) is 4.00. The van der Waals surface area contributed by atoms with Gasteiger partial charge in [0.05, 0.1) is 0 Å². The van der Waals surface area contributed by atoms with E-state index >= 15 is 0 Å². The summed E-state index contributed by atoms with van der Waals surface area (Å²) in [5.41, 5.74) is 0.107. The predicted molar refractivity (Wildman–Crippen MR) is 74.4 cm³/mol. The van der Waals surface area contributed by atoms with E-state index < -0.39 is 0 Å². The maximum absolute atomic E-state index is 12.5. The van der Waals surface area contributed by atoms with Gasteiger partial charge < -0.3 is 10.6 Å². The molecule has 2 aliphatic rings. The van der Waals surface area contributed by atoms with Crippen LogP contribution < -0.4 is 10.6 Å². The molecule has 0 aromatic heterocycles. The first-order chi connectivity index (χ1) is 8.44. The lowest BCUT2D eigenvalue weighted by molar-refractivity contribution is -0.133. The minimum Gasteiger partial charge on any atom is -0.352 e. The first-order valence-corrected chi connectivity index (χ1v) is 7.46. The molecule has 1 aliphatic carbocycles. The van der Waals surface area contributed by atoms with Gasteiger partial charge >= 0.3 is 0 Å². The molecule has 18 heavy (non-hydrogen) atoms. The number of nitrogens with one attached hydrogen (secondary N) is 2. The SMILES string of the molecule is CC1(C(=O)NC2CCCCC2(C)C)CCNCC1. The number of rotatable bonds is 2. The molecule has 1 saturated carbocycles. The van der Waals surface area contributed by atoms with Crippen LogP contribution in [-0.4, -0.2) is 25.0 Å². The van der Waals surface area contributed by atoms with E-state index in [4.69, 9.17) is 0 Å². The molecule has 0 bridgehead atoms. The van der Waals surface area contributed by atoms with Crippen LogP contribution in [-0.2, 0) is 4.79 Å². The molecule has 104 valence electrons. The second-order valence-electron chi connectivity index (χ2n) is 7.07. The minimum absolute atomic E-state index is 0.154. The predicted octanol–water partition coefficient (Wildman–Crippen LogP) is 2.46. The fourth-order valence-electron chi connectivity index (χ4n) is 3.30. The Labute approximate surface area is 111 Å². The Morgan fingerprint density at radius 1 is 1.11 bits per heavy atom. The van der Waals surface area contributed by atoms with E-state index in [9.17, 15) is 4.79 Å². The highest BCUT2D eigenvalue weighted by molar-refractivity contribution is 5.82. The monoisotopic (exact) mass is 252 g/mol. The van der Waals surface area contributed by atoms with E-state index in [1.54, 1.807) is 0 Å². The zero-order valence-corrected chi connectivity index (χ0v) is 12.1. The molecule has 1 amide bonds. The molecule has 1 saturated heterocycles. The molecule has 3 nitrogen and oxygen atoms in total. The van der Waals surface area contributed by atoms with E-state index in [2.05, 4.69) is 31.4 Å². The number of hydrogen-bond donors (Lipinski definition) is 2. The van der Waals surface area contributed by atoms with Crippen molar-refractivity contribution in [3.05, 3.63) is 0 Å². The lowest BCUT2D eigenvalue weighted by Gasteiger charge is -2.42. The second-order valence-corrected chi connectivity index (χ2v) is 7.07. The van der Waals surface area contributed by atoms with Crippen molar-refractivity contribution in [2.45, 2.75) is 65.3 Å². The summed E-state index contributed by atoms with van der Waals surface area (Å²) in [7, 11) is 0. The Hall–Kier alpha value is -0.570. The average Bonchev–Trinajstić information content (AvgIpc) is 2.32. The third-order valence-corrected chi connectivity index (χ3v) is 5.07. The Bertz CT molecular complexity index is 306. The normalized spacial score (nSPS) is 30.7. The van der Waals surface area contributed by atoms with Crippen molar-refractivity contribution in [3.63, 3.8) is 0 Å². The first kappa shape index (κ1) is 13.9. The summed E-state index contributed by atoms with van der Waals surface area (Å²) in [4.78, 5) is 12.5. The fourth-order valence-corrected chi connectivity index (χ4v) is 3.30. The second kappa shape index (κ2) is 5.20. The zero-order valence-electron chi connectivity index (χ0n) is 12.1. The summed E-state index contributed by atoms with van der Waals surface area (Å²) in [6.07, 6.45) is 6.87. The third kappa shape index (κ3) is 2.87. The summed E-state index contributed by atoms with van der Waals surface area (Å²) >= 11 is 0. The van der Waals surface area contributed by atoms with Gasteiger partial charge in [-0.1, -0.05) is 33.6 Å². The van der Waals surface area contributed by atoms with Crippen LogP contribution >= 0.6 is 0 Å². The molecule has 2 rings (SSSR count). The molecule has 2 N–H and O–H groups in total. The lowest BCUT2D eigenvalue weighted by Crippen LogP contribution is -2.53. The topological polar surface area (TPSA) is 41.1 Å². The van der Waals surface area contributed by atoms with Gasteiger partial charge in [0.1, 0.15) is 0 Å². The average molecular weight is 252 g/mol. The molecule has 1 atom stereocenters. The molecule has 3 heteroatoms. The van der Waals surface area contributed by atoms with Crippen LogP contribution in [0.4, 0.5) is 0 Å². The van der Waals surface area contributed by atoms with E-state index in [1.165, 1.54) is 19.3 Å². The zero-order chi connectivity index (χ0) is 13.2. The summed E-state index contributed by atoms with van der Waals surface area (Å²) in [6, 6.07) is 0.366. The molecule has 0 radical (unpaired) electrons. The maximum Gasteiger partial charge on any atom is 0.226 e. The van der Waals surface area contributed by atoms with Gasteiger partial charge in [-0.2, -0.15) is 0 Å². The number of piperidine rings is 1. The Morgan fingerprint density at radius 3 is 2.39 bits per heavy atom. The van der Waals surface area contributed by atoms with Gasteiger partial charge in [-0.3, -0.25) is 4.79 Å². The molecular formula is C15H28N2O. The van der Waals surface area contributed by atoms with Crippen LogP contribution in [0.25, 0.3) is 0 Å². The number of amides is 1. The van der Waals surface area contributed by atoms with Gasteiger partial charge in [0.15, 0.2) is 0 Å². The number of carbonyl (C=O) groups excluding carboxylic acids is 1. The first-order valence-electron chi connectivity index (χ1n) is 7.46.